The number of carbonyl (C=O) groups excluding carboxylic acids is 2. The van der Waals surface area contributed by atoms with E-state index in [-0.39, 0.29) is 11.1 Å². The van der Waals surface area contributed by atoms with E-state index in [0.717, 1.165) is 27.4 Å². The lowest BCUT2D eigenvalue weighted by Gasteiger charge is -2.12. The number of carbonyl (C=O) groups is 2. The van der Waals surface area contributed by atoms with Gasteiger partial charge in [0.2, 0.25) is 0 Å². The standard InChI is InChI=1S/C25H19BrClNO3S/c26-20-10-11-22(31-16-18-8-4-5-9-21(18)27)19(14-20)15-23-24(29)28(25(30)32-23)13-12-17-6-2-1-3-7-17/h1-11,14-15H,12-13,16H2/b23-15+. The molecular formula is C25H19BrClNO3S. The van der Waals surface area contributed by atoms with Gasteiger partial charge in [0, 0.05) is 27.2 Å². The highest BCUT2D eigenvalue weighted by molar-refractivity contribution is 9.10. The number of imide groups is 1. The molecule has 1 fully saturated rings. The fraction of sp³-hybridized carbons (Fsp3) is 0.120. The Hall–Kier alpha value is -2.54. The van der Waals surface area contributed by atoms with Gasteiger partial charge in [0.05, 0.1) is 4.91 Å². The first-order valence-electron chi connectivity index (χ1n) is 9.96. The van der Waals surface area contributed by atoms with E-state index in [9.17, 15) is 9.59 Å². The molecule has 0 spiro atoms. The maximum absolute atomic E-state index is 12.9. The molecule has 3 aromatic rings. The van der Waals surface area contributed by atoms with Crippen molar-refractivity contribution in [3.63, 3.8) is 0 Å². The maximum atomic E-state index is 12.9. The zero-order valence-electron chi connectivity index (χ0n) is 17.0. The van der Waals surface area contributed by atoms with E-state index in [0.29, 0.717) is 40.8 Å². The van der Waals surface area contributed by atoms with E-state index in [1.54, 1.807) is 6.08 Å². The molecule has 1 saturated heterocycles. The second kappa shape index (κ2) is 10.4. The summed E-state index contributed by atoms with van der Waals surface area (Å²) in [7, 11) is 0. The lowest BCUT2D eigenvalue weighted by molar-refractivity contribution is -0.122. The van der Waals surface area contributed by atoms with Crippen LogP contribution >= 0.6 is 39.3 Å². The average Bonchev–Trinajstić information content (AvgIpc) is 3.06. The molecule has 0 unspecified atom stereocenters. The molecule has 4 nitrogen and oxygen atoms in total. The molecule has 4 rings (SSSR count). The molecule has 2 amide bonds. The van der Waals surface area contributed by atoms with E-state index in [1.807, 2.05) is 72.8 Å². The molecule has 3 aromatic carbocycles. The monoisotopic (exact) mass is 527 g/mol. The van der Waals surface area contributed by atoms with E-state index in [1.165, 1.54) is 4.90 Å². The number of hydrogen-bond acceptors (Lipinski definition) is 4. The third kappa shape index (κ3) is 5.44. The normalized spacial score (nSPS) is 14.9. The predicted octanol–water partition coefficient (Wildman–Crippen LogP) is 6.96. The number of ether oxygens (including phenoxy) is 1. The Morgan fingerprint density at radius 1 is 1.00 bits per heavy atom. The number of rotatable bonds is 7. The van der Waals surface area contributed by atoms with Gasteiger partial charge in [0.25, 0.3) is 11.1 Å². The van der Waals surface area contributed by atoms with Crippen molar-refractivity contribution >= 4 is 56.5 Å². The third-order valence-corrected chi connectivity index (χ3v) is 6.71. The van der Waals surface area contributed by atoms with Gasteiger partial charge in [0.1, 0.15) is 12.4 Å². The van der Waals surface area contributed by atoms with Crippen LogP contribution in [-0.2, 0) is 17.8 Å². The third-order valence-electron chi connectivity index (χ3n) is 4.94. The number of nitrogens with zero attached hydrogens (tertiary/aromatic N) is 1. The van der Waals surface area contributed by atoms with Gasteiger partial charge in [-0.3, -0.25) is 14.5 Å². The minimum Gasteiger partial charge on any atom is -0.488 e. The van der Waals surface area contributed by atoms with Gasteiger partial charge in [-0.25, -0.2) is 0 Å². The zero-order valence-corrected chi connectivity index (χ0v) is 20.1. The van der Waals surface area contributed by atoms with Crippen molar-refractivity contribution in [3.05, 3.63) is 104 Å². The van der Waals surface area contributed by atoms with Crippen molar-refractivity contribution in [1.29, 1.82) is 0 Å². The summed E-state index contributed by atoms with van der Waals surface area (Å²) in [6, 6.07) is 22.8. The molecule has 7 heteroatoms. The molecule has 1 aliphatic rings. The molecule has 0 aliphatic carbocycles. The van der Waals surface area contributed by atoms with Crippen molar-refractivity contribution < 1.29 is 14.3 Å². The van der Waals surface area contributed by atoms with E-state index < -0.39 is 0 Å². The molecule has 162 valence electrons. The number of halogens is 2. The highest BCUT2D eigenvalue weighted by Gasteiger charge is 2.34. The fourth-order valence-electron chi connectivity index (χ4n) is 3.25. The summed E-state index contributed by atoms with van der Waals surface area (Å²) >= 11 is 10.6. The summed E-state index contributed by atoms with van der Waals surface area (Å²) in [6.45, 7) is 0.640. The average molecular weight is 529 g/mol. The maximum Gasteiger partial charge on any atom is 0.293 e. The van der Waals surface area contributed by atoms with Crippen LogP contribution in [0, 0.1) is 0 Å². The van der Waals surface area contributed by atoms with E-state index in [2.05, 4.69) is 15.9 Å². The first kappa shape index (κ1) is 22.6. The van der Waals surface area contributed by atoms with E-state index in [4.69, 9.17) is 16.3 Å². The number of thioether (sulfide) groups is 1. The van der Waals surface area contributed by atoms with Gasteiger partial charge in [0.15, 0.2) is 0 Å². The highest BCUT2D eigenvalue weighted by atomic mass is 79.9. The summed E-state index contributed by atoms with van der Waals surface area (Å²) < 4.78 is 6.84. The van der Waals surface area contributed by atoms with Crippen LogP contribution in [0.15, 0.2) is 82.2 Å². The summed E-state index contributed by atoms with van der Waals surface area (Å²) in [5, 5.41) is 0.372. The van der Waals surface area contributed by atoms with Crippen LogP contribution in [0.1, 0.15) is 16.7 Å². The lowest BCUT2D eigenvalue weighted by Crippen LogP contribution is -2.30. The van der Waals surface area contributed by atoms with Gasteiger partial charge in [-0.15, -0.1) is 0 Å². The number of hydrogen-bond donors (Lipinski definition) is 0. The summed E-state index contributed by atoms with van der Waals surface area (Å²) in [6.07, 6.45) is 2.33. The van der Waals surface area contributed by atoms with Crippen molar-refractivity contribution in [1.82, 2.24) is 4.90 Å². The predicted molar refractivity (Wildman–Crippen MR) is 133 cm³/mol. The SMILES string of the molecule is O=C1S/C(=C/c2cc(Br)ccc2OCc2ccccc2Cl)C(=O)N1CCc1ccccc1. The summed E-state index contributed by atoms with van der Waals surface area (Å²) in [4.78, 5) is 27.1. The minimum absolute atomic E-state index is 0.259. The molecule has 0 aromatic heterocycles. The van der Waals surface area contributed by atoms with E-state index >= 15 is 0 Å². The first-order chi connectivity index (χ1) is 15.5. The smallest absolute Gasteiger partial charge is 0.293 e. The number of amides is 2. The van der Waals surface area contributed by atoms with Crippen LogP contribution in [-0.4, -0.2) is 22.6 Å². The van der Waals surface area contributed by atoms with Crippen LogP contribution in [0.25, 0.3) is 6.08 Å². The van der Waals surface area contributed by atoms with Crippen LogP contribution in [0.4, 0.5) is 4.79 Å². The lowest BCUT2D eigenvalue weighted by atomic mass is 10.1. The minimum atomic E-state index is -0.284. The fourth-order valence-corrected chi connectivity index (χ4v) is 4.68. The summed E-state index contributed by atoms with van der Waals surface area (Å²) in [5.41, 5.74) is 2.65. The molecule has 1 heterocycles. The van der Waals surface area contributed by atoms with Gasteiger partial charge < -0.3 is 4.74 Å². The van der Waals surface area contributed by atoms with Crippen molar-refractivity contribution in [2.45, 2.75) is 13.0 Å². The molecule has 0 bridgehead atoms. The summed E-state index contributed by atoms with van der Waals surface area (Å²) in [5.74, 6) is 0.317. The Labute approximate surface area is 204 Å². The molecule has 0 atom stereocenters. The quantitative estimate of drug-likeness (QED) is 0.311. The van der Waals surface area contributed by atoms with Crippen LogP contribution in [0.5, 0.6) is 5.75 Å². The Bertz CT molecular complexity index is 1180. The topological polar surface area (TPSA) is 46.6 Å². The zero-order chi connectivity index (χ0) is 22.5. The van der Waals surface area contributed by atoms with Crippen LogP contribution < -0.4 is 4.74 Å². The van der Waals surface area contributed by atoms with Crippen LogP contribution in [0.3, 0.4) is 0 Å². The second-order valence-electron chi connectivity index (χ2n) is 7.13. The highest BCUT2D eigenvalue weighted by Crippen LogP contribution is 2.35. The molecule has 0 N–H and O–H groups in total. The molecule has 0 radical (unpaired) electrons. The van der Waals surface area contributed by atoms with Crippen molar-refractivity contribution in [2.75, 3.05) is 6.54 Å². The largest absolute Gasteiger partial charge is 0.488 e. The Balaban J connectivity index is 1.51. The molecule has 0 saturated carbocycles. The number of benzene rings is 3. The first-order valence-corrected chi connectivity index (χ1v) is 11.9. The molecule has 1 aliphatic heterocycles. The Morgan fingerprint density at radius 3 is 2.53 bits per heavy atom. The van der Waals surface area contributed by atoms with Crippen molar-refractivity contribution in [2.24, 2.45) is 0 Å². The van der Waals surface area contributed by atoms with Gasteiger partial charge in [-0.2, -0.15) is 0 Å². The van der Waals surface area contributed by atoms with Gasteiger partial charge in [-0.05, 0) is 54.1 Å². The Kier molecular flexibility index (Phi) is 7.35. The molecule has 32 heavy (non-hydrogen) atoms. The Morgan fingerprint density at radius 2 is 1.75 bits per heavy atom. The van der Waals surface area contributed by atoms with Gasteiger partial charge in [-0.1, -0.05) is 76.1 Å². The van der Waals surface area contributed by atoms with Crippen LogP contribution in [0.2, 0.25) is 5.02 Å². The second-order valence-corrected chi connectivity index (χ2v) is 9.45. The molecular weight excluding hydrogens is 510 g/mol. The van der Waals surface area contributed by atoms with Gasteiger partial charge >= 0.3 is 0 Å². The van der Waals surface area contributed by atoms with Crippen molar-refractivity contribution in [3.8, 4) is 5.75 Å².